The van der Waals surface area contributed by atoms with Crippen molar-refractivity contribution < 1.29 is 10.2 Å². The summed E-state index contributed by atoms with van der Waals surface area (Å²) < 4.78 is 1.81. The van der Waals surface area contributed by atoms with E-state index in [2.05, 4.69) is 30.6 Å². The Balaban J connectivity index is 1.27. The Morgan fingerprint density at radius 1 is 0.903 bits per heavy atom. The van der Waals surface area contributed by atoms with Gasteiger partial charge in [0.25, 0.3) is 0 Å². The summed E-state index contributed by atoms with van der Waals surface area (Å²) in [5, 5.41) is 30.8. The first-order valence-electron chi connectivity index (χ1n) is 11.1. The lowest BCUT2D eigenvalue weighted by Gasteiger charge is -2.30. The molecule has 3 aromatic rings. The van der Waals surface area contributed by atoms with Crippen molar-refractivity contribution in [3.8, 4) is 0 Å². The van der Waals surface area contributed by atoms with Crippen LogP contribution in [0.15, 0.2) is 36.5 Å². The molecular weight excluding hydrogens is 394 g/mol. The van der Waals surface area contributed by atoms with Gasteiger partial charge in [0.15, 0.2) is 5.65 Å². The lowest BCUT2D eigenvalue weighted by atomic mass is 9.93. The van der Waals surface area contributed by atoms with Crippen molar-refractivity contribution in [3.05, 3.63) is 36.5 Å². The molecule has 0 radical (unpaired) electrons. The van der Waals surface area contributed by atoms with Gasteiger partial charge in [0.1, 0.15) is 11.6 Å². The van der Waals surface area contributed by atoms with E-state index in [1.807, 2.05) is 34.8 Å². The second kappa shape index (κ2) is 8.68. The van der Waals surface area contributed by atoms with Gasteiger partial charge in [-0.05, 0) is 62.8 Å². The van der Waals surface area contributed by atoms with Gasteiger partial charge in [-0.1, -0.05) is 6.07 Å². The molecule has 0 aromatic carbocycles. The van der Waals surface area contributed by atoms with Gasteiger partial charge in [-0.2, -0.15) is 9.50 Å². The first kappa shape index (κ1) is 20.0. The monoisotopic (exact) mass is 423 g/mol. The van der Waals surface area contributed by atoms with Crippen LogP contribution in [0.4, 0.5) is 23.3 Å². The zero-order valence-electron chi connectivity index (χ0n) is 17.5. The van der Waals surface area contributed by atoms with Crippen LogP contribution in [0.5, 0.6) is 0 Å². The average Bonchev–Trinajstić information content (AvgIpc) is 3.20. The van der Waals surface area contributed by atoms with Gasteiger partial charge in [0, 0.05) is 19.1 Å². The highest BCUT2D eigenvalue weighted by Crippen LogP contribution is 2.24. The number of anilines is 4. The molecule has 5 rings (SSSR count). The van der Waals surface area contributed by atoms with Gasteiger partial charge >= 0.3 is 0 Å². The van der Waals surface area contributed by atoms with Crippen LogP contribution in [-0.4, -0.2) is 61.1 Å². The minimum absolute atomic E-state index is 0.169. The maximum atomic E-state index is 9.73. The number of fused-ring (bicyclic) bond motifs is 1. The SMILES string of the molecule is OC1CCC(Nc2cccc3nc(Nc4ccc(N5CCC(O)CC5)nc4)nn23)CC1. The first-order valence-corrected chi connectivity index (χ1v) is 11.1. The van der Waals surface area contributed by atoms with Crippen molar-refractivity contribution in [2.24, 2.45) is 0 Å². The normalized spacial score (nSPS) is 22.6. The molecule has 1 aliphatic heterocycles. The summed E-state index contributed by atoms with van der Waals surface area (Å²) in [6, 6.07) is 10.2. The number of piperidine rings is 1. The zero-order valence-corrected chi connectivity index (χ0v) is 17.5. The summed E-state index contributed by atoms with van der Waals surface area (Å²) >= 11 is 0. The summed E-state index contributed by atoms with van der Waals surface area (Å²) in [6.45, 7) is 1.65. The molecule has 0 unspecified atom stereocenters. The summed E-state index contributed by atoms with van der Waals surface area (Å²) in [5.74, 6) is 2.34. The molecule has 1 saturated heterocycles. The summed E-state index contributed by atoms with van der Waals surface area (Å²) in [4.78, 5) is 11.4. The Morgan fingerprint density at radius 3 is 2.42 bits per heavy atom. The molecule has 9 heteroatoms. The second-order valence-corrected chi connectivity index (χ2v) is 8.51. The molecular formula is C22H29N7O2. The molecule has 0 amide bonds. The summed E-state index contributed by atoms with van der Waals surface area (Å²) in [6.07, 6.45) is 6.56. The van der Waals surface area contributed by atoms with E-state index in [9.17, 15) is 10.2 Å². The standard InChI is InChI=1S/C22H29N7O2/c30-17-7-4-15(5-8-17)24-20-2-1-3-21-26-22(27-29(20)21)25-16-6-9-19(23-14-16)28-12-10-18(31)11-13-28/h1-3,6,9,14-15,17-18,24,30-31H,4-5,7-8,10-13H2,(H,25,27). The van der Waals surface area contributed by atoms with Crippen LogP contribution in [0.3, 0.4) is 0 Å². The van der Waals surface area contributed by atoms with Crippen molar-refractivity contribution in [1.82, 2.24) is 19.6 Å². The Labute approximate surface area is 181 Å². The van der Waals surface area contributed by atoms with Gasteiger partial charge in [-0.15, -0.1) is 5.10 Å². The van der Waals surface area contributed by atoms with Gasteiger partial charge in [-0.3, -0.25) is 0 Å². The Kier molecular flexibility index (Phi) is 5.61. The van der Waals surface area contributed by atoms with E-state index in [4.69, 9.17) is 0 Å². The molecule has 4 heterocycles. The largest absolute Gasteiger partial charge is 0.393 e. The van der Waals surface area contributed by atoms with Crippen molar-refractivity contribution in [2.75, 3.05) is 28.6 Å². The molecule has 3 aromatic heterocycles. The molecule has 1 aliphatic carbocycles. The first-order chi connectivity index (χ1) is 15.1. The minimum Gasteiger partial charge on any atom is -0.393 e. The van der Waals surface area contributed by atoms with E-state index in [1.165, 1.54) is 0 Å². The predicted octanol–water partition coefficient (Wildman–Crippen LogP) is 2.54. The number of aromatic nitrogens is 4. The van der Waals surface area contributed by atoms with Crippen LogP contribution in [0.2, 0.25) is 0 Å². The molecule has 2 aliphatic rings. The van der Waals surface area contributed by atoms with E-state index < -0.39 is 0 Å². The maximum absolute atomic E-state index is 9.73. The van der Waals surface area contributed by atoms with Gasteiger partial charge in [0.2, 0.25) is 5.95 Å². The van der Waals surface area contributed by atoms with E-state index in [0.717, 1.165) is 74.6 Å². The Hall–Kier alpha value is -2.91. The highest BCUT2D eigenvalue weighted by atomic mass is 16.3. The quantitative estimate of drug-likeness (QED) is 0.496. The Morgan fingerprint density at radius 2 is 1.68 bits per heavy atom. The van der Waals surface area contributed by atoms with Crippen LogP contribution in [0.1, 0.15) is 38.5 Å². The number of hydrogen-bond acceptors (Lipinski definition) is 8. The molecule has 0 bridgehead atoms. The Bertz CT molecular complexity index is 1010. The van der Waals surface area contributed by atoms with Gasteiger partial charge in [-0.25, -0.2) is 4.98 Å². The zero-order chi connectivity index (χ0) is 21.2. The van der Waals surface area contributed by atoms with E-state index in [-0.39, 0.29) is 12.2 Å². The molecule has 4 N–H and O–H groups in total. The topological polar surface area (TPSA) is 111 Å². The number of nitrogens with one attached hydrogen (secondary N) is 2. The lowest BCUT2D eigenvalue weighted by molar-refractivity contribution is 0.126. The lowest BCUT2D eigenvalue weighted by Crippen LogP contribution is -2.36. The third-order valence-electron chi connectivity index (χ3n) is 6.20. The third-order valence-corrected chi connectivity index (χ3v) is 6.20. The number of aliphatic hydroxyl groups excluding tert-OH is 2. The van der Waals surface area contributed by atoms with Crippen LogP contribution in [0, 0.1) is 0 Å². The smallest absolute Gasteiger partial charge is 0.247 e. The minimum atomic E-state index is -0.192. The molecule has 0 spiro atoms. The highest BCUT2D eigenvalue weighted by molar-refractivity contribution is 5.59. The van der Waals surface area contributed by atoms with E-state index >= 15 is 0 Å². The fourth-order valence-corrected chi connectivity index (χ4v) is 4.37. The summed E-state index contributed by atoms with van der Waals surface area (Å²) in [5.41, 5.74) is 1.59. The van der Waals surface area contributed by atoms with Gasteiger partial charge < -0.3 is 25.7 Å². The third kappa shape index (κ3) is 4.57. The number of hydrogen-bond donors (Lipinski definition) is 4. The molecule has 164 valence electrons. The average molecular weight is 424 g/mol. The molecule has 9 nitrogen and oxygen atoms in total. The van der Waals surface area contributed by atoms with Crippen LogP contribution in [-0.2, 0) is 0 Å². The highest BCUT2D eigenvalue weighted by Gasteiger charge is 2.20. The van der Waals surface area contributed by atoms with E-state index in [1.54, 1.807) is 6.20 Å². The number of pyridine rings is 2. The maximum Gasteiger partial charge on any atom is 0.247 e. The van der Waals surface area contributed by atoms with Crippen molar-refractivity contribution in [1.29, 1.82) is 0 Å². The van der Waals surface area contributed by atoms with Crippen LogP contribution in [0.25, 0.3) is 5.65 Å². The van der Waals surface area contributed by atoms with Crippen LogP contribution < -0.4 is 15.5 Å². The van der Waals surface area contributed by atoms with Crippen LogP contribution >= 0.6 is 0 Å². The predicted molar refractivity (Wildman–Crippen MR) is 120 cm³/mol. The van der Waals surface area contributed by atoms with Crippen molar-refractivity contribution >= 4 is 28.9 Å². The van der Waals surface area contributed by atoms with Crippen molar-refractivity contribution in [2.45, 2.75) is 56.8 Å². The summed E-state index contributed by atoms with van der Waals surface area (Å²) in [7, 11) is 0. The second-order valence-electron chi connectivity index (χ2n) is 8.51. The fourth-order valence-electron chi connectivity index (χ4n) is 4.37. The van der Waals surface area contributed by atoms with Crippen molar-refractivity contribution in [3.63, 3.8) is 0 Å². The molecule has 31 heavy (non-hydrogen) atoms. The number of aliphatic hydroxyl groups is 2. The number of nitrogens with zero attached hydrogens (tertiary/aromatic N) is 5. The number of rotatable bonds is 5. The fraction of sp³-hybridized carbons (Fsp3) is 0.500. The molecule has 1 saturated carbocycles. The molecule has 0 atom stereocenters. The van der Waals surface area contributed by atoms with Gasteiger partial charge in [0.05, 0.1) is 24.1 Å². The molecule has 2 fully saturated rings. The van der Waals surface area contributed by atoms with E-state index in [0.29, 0.717) is 12.0 Å².